The minimum atomic E-state index is -0.111. The minimum Gasteiger partial charge on any atom is -0.395 e. The van der Waals surface area contributed by atoms with Gasteiger partial charge in [0.05, 0.1) is 13.2 Å². The average Bonchev–Trinajstić information content (AvgIpc) is 2.60. The van der Waals surface area contributed by atoms with E-state index in [4.69, 9.17) is 15.4 Å². The Bertz CT molecular complexity index is 592. The summed E-state index contributed by atoms with van der Waals surface area (Å²) in [7, 11) is 0. The minimum absolute atomic E-state index is 0.0218. The molecule has 0 aliphatic rings. The van der Waals surface area contributed by atoms with Crippen molar-refractivity contribution in [1.29, 1.82) is 0 Å². The third-order valence-electron chi connectivity index (χ3n) is 3.04. The van der Waals surface area contributed by atoms with Crippen LogP contribution in [0.4, 0.5) is 17.8 Å². The molecule has 2 aromatic rings. The number of benzene rings is 1. The van der Waals surface area contributed by atoms with Crippen molar-refractivity contribution in [2.24, 2.45) is 0 Å². The van der Waals surface area contributed by atoms with E-state index in [0.29, 0.717) is 6.54 Å². The Morgan fingerprint density at radius 2 is 1.57 bits per heavy atom. The van der Waals surface area contributed by atoms with Gasteiger partial charge >= 0.3 is 0 Å². The number of hydrogen-bond acceptors (Lipinski definition) is 9. The van der Waals surface area contributed by atoms with E-state index < -0.39 is 0 Å². The van der Waals surface area contributed by atoms with Crippen molar-refractivity contribution >= 4 is 17.8 Å². The molecule has 0 bridgehead atoms. The molecular formula is C14H20N6O3. The number of anilines is 3. The molecule has 0 spiro atoms. The molecule has 0 aliphatic carbocycles. The van der Waals surface area contributed by atoms with Gasteiger partial charge < -0.3 is 20.4 Å². The maximum Gasteiger partial charge on any atom is 0.253 e. The summed E-state index contributed by atoms with van der Waals surface area (Å²) >= 11 is 0. The van der Waals surface area contributed by atoms with Gasteiger partial charge in [-0.1, -0.05) is 30.3 Å². The molecule has 124 valence electrons. The van der Waals surface area contributed by atoms with E-state index in [1.807, 2.05) is 35.8 Å². The highest BCUT2D eigenvalue weighted by Gasteiger charge is 2.13. The van der Waals surface area contributed by atoms with Gasteiger partial charge in [-0.25, -0.2) is 5.48 Å². The zero-order valence-corrected chi connectivity index (χ0v) is 12.6. The predicted octanol–water partition coefficient (Wildman–Crippen LogP) is 0.0758. The fourth-order valence-electron chi connectivity index (χ4n) is 1.97. The molecule has 0 atom stereocenters. The number of nitrogens with one attached hydrogen (secondary N) is 2. The smallest absolute Gasteiger partial charge is 0.253 e. The van der Waals surface area contributed by atoms with Crippen molar-refractivity contribution in [3.63, 3.8) is 0 Å². The first-order valence-electron chi connectivity index (χ1n) is 7.17. The quantitative estimate of drug-likeness (QED) is 0.408. The summed E-state index contributed by atoms with van der Waals surface area (Å²) < 4.78 is 0. The second kappa shape index (κ2) is 8.83. The molecule has 0 saturated carbocycles. The summed E-state index contributed by atoms with van der Waals surface area (Å²) in [6.45, 7) is 0.803. The van der Waals surface area contributed by atoms with Crippen LogP contribution in [-0.2, 0) is 6.54 Å². The summed E-state index contributed by atoms with van der Waals surface area (Å²) in [6, 6.07) is 9.72. The monoisotopic (exact) mass is 320 g/mol. The number of aliphatic hydroxyl groups is 2. The third-order valence-corrected chi connectivity index (χ3v) is 3.04. The third kappa shape index (κ3) is 5.02. The fraction of sp³-hybridized carbons (Fsp3) is 0.357. The highest BCUT2D eigenvalue weighted by atomic mass is 16.5. The van der Waals surface area contributed by atoms with Crippen LogP contribution in [0.2, 0.25) is 0 Å². The van der Waals surface area contributed by atoms with Gasteiger partial charge in [-0.3, -0.25) is 5.21 Å². The lowest BCUT2D eigenvalue weighted by Crippen LogP contribution is -2.31. The normalized spacial score (nSPS) is 10.4. The van der Waals surface area contributed by atoms with Gasteiger partial charge in [0.2, 0.25) is 11.9 Å². The Kier molecular flexibility index (Phi) is 6.48. The van der Waals surface area contributed by atoms with Crippen molar-refractivity contribution in [1.82, 2.24) is 15.0 Å². The Hall–Kier alpha value is -2.49. The first-order chi connectivity index (χ1) is 11.3. The lowest BCUT2D eigenvalue weighted by Gasteiger charge is -2.21. The van der Waals surface area contributed by atoms with E-state index in [1.54, 1.807) is 4.90 Å². The van der Waals surface area contributed by atoms with E-state index >= 15 is 0 Å². The van der Waals surface area contributed by atoms with Crippen LogP contribution in [0.3, 0.4) is 0 Å². The molecule has 0 fully saturated rings. The summed E-state index contributed by atoms with van der Waals surface area (Å²) in [6.07, 6.45) is 0. The van der Waals surface area contributed by atoms with E-state index in [0.717, 1.165) is 5.56 Å². The average molecular weight is 320 g/mol. The standard InChI is InChI=1S/C14H20N6O3/c21-8-6-20(7-9-22)14-17-12(16-13(18-14)19-23)15-10-11-4-2-1-3-5-11/h1-5,21-23H,6-10H2,(H2,15,16,17,18,19). The zero-order chi connectivity index (χ0) is 16.5. The van der Waals surface area contributed by atoms with Crippen LogP contribution in [0.15, 0.2) is 30.3 Å². The topological polar surface area (TPSA) is 127 Å². The first-order valence-corrected chi connectivity index (χ1v) is 7.17. The van der Waals surface area contributed by atoms with Gasteiger partial charge in [-0.15, -0.1) is 0 Å². The molecule has 1 heterocycles. The van der Waals surface area contributed by atoms with Crippen molar-refractivity contribution in [3.8, 4) is 0 Å². The number of hydrogen-bond donors (Lipinski definition) is 5. The second-order valence-corrected chi connectivity index (χ2v) is 4.67. The summed E-state index contributed by atoms with van der Waals surface area (Å²) in [4.78, 5) is 13.9. The van der Waals surface area contributed by atoms with Gasteiger partial charge in [-0.05, 0) is 5.56 Å². The van der Waals surface area contributed by atoms with Crippen LogP contribution < -0.4 is 15.7 Å². The maximum atomic E-state index is 9.10. The van der Waals surface area contributed by atoms with Gasteiger partial charge in [0.25, 0.3) is 5.95 Å². The molecule has 9 nitrogen and oxygen atoms in total. The van der Waals surface area contributed by atoms with Crippen LogP contribution >= 0.6 is 0 Å². The molecule has 0 aliphatic heterocycles. The van der Waals surface area contributed by atoms with Crippen molar-refractivity contribution in [2.45, 2.75) is 6.54 Å². The lowest BCUT2D eigenvalue weighted by molar-refractivity contribution is 0.280. The van der Waals surface area contributed by atoms with Gasteiger partial charge in [0.15, 0.2) is 0 Å². The largest absolute Gasteiger partial charge is 0.395 e. The molecule has 1 aromatic carbocycles. The maximum absolute atomic E-state index is 9.10. The predicted molar refractivity (Wildman–Crippen MR) is 85.4 cm³/mol. The molecule has 2 rings (SSSR count). The molecule has 23 heavy (non-hydrogen) atoms. The molecule has 9 heteroatoms. The van der Waals surface area contributed by atoms with Gasteiger partial charge in [0.1, 0.15) is 0 Å². The van der Waals surface area contributed by atoms with Gasteiger partial charge in [0, 0.05) is 19.6 Å². The Morgan fingerprint density at radius 3 is 2.17 bits per heavy atom. The Labute approximate surface area is 133 Å². The molecule has 1 aromatic heterocycles. The zero-order valence-electron chi connectivity index (χ0n) is 12.6. The van der Waals surface area contributed by atoms with Crippen LogP contribution in [-0.4, -0.2) is 56.7 Å². The fourth-order valence-corrected chi connectivity index (χ4v) is 1.97. The summed E-state index contributed by atoms with van der Waals surface area (Å²) in [5, 5.41) is 30.3. The SMILES string of the molecule is OCCN(CCO)c1nc(NO)nc(NCc2ccccc2)n1. The van der Waals surface area contributed by atoms with E-state index in [1.165, 1.54) is 0 Å². The van der Waals surface area contributed by atoms with E-state index in [-0.39, 0.29) is 44.1 Å². The van der Waals surface area contributed by atoms with Crippen LogP contribution in [0, 0.1) is 0 Å². The Balaban J connectivity index is 2.16. The molecule has 0 amide bonds. The van der Waals surface area contributed by atoms with Crippen molar-refractivity contribution in [2.75, 3.05) is 42.0 Å². The molecule has 0 saturated heterocycles. The second-order valence-electron chi connectivity index (χ2n) is 4.67. The van der Waals surface area contributed by atoms with Crippen molar-refractivity contribution in [3.05, 3.63) is 35.9 Å². The highest BCUT2D eigenvalue weighted by Crippen LogP contribution is 2.14. The first kappa shape index (κ1) is 16.9. The lowest BCUT2D eigenvalue weighted by atomic mass is 10.2. The summed E-state index contributed by atoms with van der Waals surface area (Å²) in [5.41, 5.74) is 2.94. The van der Waals surface area contributed by atoms with Crippen LogP contribution in [0.5, 0.6) is 0 Å². The van der Waals surface area contributed by atoms with Crippen molar-refractivity contribution < 1.29 is 15.4 Å². The number of aliphatic hydroxyl groups excluding tert-OH is 2. The van der Waals surface area contributed by atoms with E-state index in [2.05, 4.69) is 20.3 Å². The van der Waals surface area contributed by atoms with Gasteiger partial charge in [-0.2, -0.15) is 15.0 Å². The number of rotatable bonds is 9. The van der Waals surface area contributed by atoms with E-state index in [9.17, 15) is 0 Å². The number of nitrogens with zero attached hydrogens (tertiary/aromatic N) is 4. The molecule has 0 unspecified atom stereocenters. The summed E-state index contributed by atoms with van der Waals surface area (Å²) in [5.74, 6) is 0.498. The van der Waals surface area contributed by atoms with Crippen LogP contribution in [0.25, 0.3) is 0 Å². The molecular weight excluding hydrogens is 300 g/mol. The highest BCUT2D eigenvalue weighted by molar-refractivity contribution is 5.43. The molecule has 0 radical (unpaired) electrons. The van der Waals surface area contributed by atoms with Crippen LogP contribution in [0.1, 0.15) is 5.56 Å². The number of aromatic nitrogens is 3. The molecule has 5 N–H and O–H groups in total. The Morgan fingerprint density at radius 1 is 0.913 bits per heavy atom.